The zero-order valence-corrected chi connectivity index (χ0v) is 13.7. The molecule has 23 heavy (non-hydrogen) atoms. The lowest BCUT2D eigenvalue weighted by atomic mass is 10.1. The molecule has 0 saturated carbocycles. The molecule has 0 aromatic heterocycles. The molecule has 2 heterocycles. The van der Waals surface area contributed by atoms with Crippen molar-refractivity contribution < 1.29 is 33.9 Å². The average molecular weight is 334 g/mol. The van der Waals surface area contributed by atoms with Gasteiger partial charge in [0, 0.05) is 13.2 Å². The first kappa shape index (κ1) is 19.1. The minimum atomic E-state index is -0.421. The van der Waals surface area contributed by atoms with Gasteiger partial charge in [-0.2, -0.15) is 0 Å². The van der Waals surface area contributed by atoms with Crippen molar-refractivity contribution in [3.8, 4) is 0 Å². The first-order valence-electron chi connectivity index (χ1n) is 8.60. The molecule has 136 valence electrons. The molecule has 7 heteroatoms. The molecule has 2 aliphatic rings. The van der Waals surface area contributed by atoms with E-state index in [0.29, 0.717) is 52.9 Å². The van der Waals surface area contributed by atoms with Crippen LogP contribution in [0.5, 0.6) is 0 Å². The Kier molecular flexibility index (Phi) is 9.36. The quantitative estimate of drug-likeness (QED) is 0.549. The van der Waals surface area contributed by atoms with E-state index >= 15 is 0 Å². The second kappa shape index (κ2) is 11.3. The smallest absolute Gasteiger partial charge is 0.107 e. The lowest BCUT2D eigenvalue weighted by Crippen LogP contribution is -2.38. The van der Waals surface area contributed by atoms with E-state index in [9.17, 15) is 10.2 Å². The van der Waals surface area contributed by atoms with E-state index in [4.69, 9.17) is 23.7 Å². The van der Waals surface area contributed by atoms with Crippen molar-refractivity contribution in [2.24, 2.45) is 0 Å². The lowest BCUT2D eigenvalue weighted by Gasteiger charge is -2.27. The number of ether oxygens (including phenoxy) is 5. The summed E-state index contributed by atoms with van der Waals surface area (Å²) in [5, 5.41) is 19.4. The Balaban J connectivity index is 1.36. The molecule has 0 unspecified atom stereocenters. The maximum atomic E-state index is 9.71. The molecule has 2 saturated heterocycles. The van der Waals surface area contributed by atoms with Crippen molar-refractivity contribution in [2.45, 2.75) is 50.1 Å². The molecule has 0 spiro atoms. The van der Waals surface area contributed by atoms with Crippen molar-refractivity contribution in [3.63, 3.8) is 0 Å². The minimum Gasteiger partial charge on any atom is -0.390 e. The number of aliphatic hydroxyl groups excluding tert-OH is 2. The summed E-state index contributed by atoms with van der Waals surface area (Å²) in [6, 6.07) is 0. The van der Waals surface area contributed by atoms with Crippen molar-refractivity contribution in [2.75, 3.05) is 52.9 Å². The molecule has 0 amide bonds. The molecule has 7 nitrogen and oxygen atoms in total. The van der Waals surface area contributed by atoms with Gasteiger partial charge in [-0.1, -0.05) is 0 Å². The maximum absolute atomic E-state index is 9.71. The molecule has 2 rings (SSSR count). The molecule has 0 aliphatic carbocycles. The summed E-state index contributed by atoms with van der Waals surface area (Å²) in [6.45, 7) is 4.09. The van der Waals surface area contributed by atoms with Crippen LogP contribution in [-0.2, 0) is 23.7 Å². The highest BCUT2D eigenvalue weighted by Gasteiger charge is 2.24. The van der Waals surface area contributed by atoms with Crippen molar-refractivity contribution in [1.82, 2.24) is 0 Å². The van der Waals surface area contributed by atoms with E-state index in [1.165, 1.54) is 0 Å². The maximum Gasteiger partial charge on any atom is 0.107 e. The number of hydrogen-bond acceptors (Lipinski definition) is 7. The third-order valence-electron chi connectivity index (χ3n) is 4.12. The zero-order valence-electron chi connectivity index (χ0n) is 13.7. The molecule has 0 aromatic carbocycles. The van der Waals surface area contributed by atoms with Crippen LogP contribution in [0.4, 0.5) is 0 Å². The molecular weight excluding hydrogens is 304 g/mol. The van der Waals surface area contributed by atoms with Gasteiger partial charge in [-0.25, -0.2) is 0 Å². The van der Waals surface area contributed by atoms with Gasteiger partial charge in [0.2, 0.25) is 0 Å². The van der Waals surface area contributed by atoms with Crippen LogP contribution in [-0.4, -0.2) is 87.5 Å². The Hall–Kier alpha value is -0.280. The Morgan fingerprint density at radius 3 is 1.57 bits per heavy atom. The molecule has 0 aromatic rings. The van der Waals surface area contributed by atoms with Crippen LogP contribution in [0.15, 0.2) is 0 Å². The standard InChI is InChI=1S/C16H30O7/c17-13-3-1-5-22-15(13)11-20-9-7-19-8-10-21-12-16-14(18)4-2-6-23-16/h13-18H,1-12H2/t13-,14-,15+,16+/m0/s1. The Bertz CT molecular complexity index is 274. The monoisotopic (exact) mass is 334 g/mol. The average Bonchev–Trinajstić information content (AvgIpc) is 2.56. The first-order valence-corrected chi connectivity index (χ1v) is 8.60. The van der Waals surface area contributed by atoms with E-state index in [1.807, 2.05) is 0 Å². The second-order valence-electron chi connectivity index (χ2n) is 6.00. The summed E-state index contributed by atoms with van der Waals surface area (Å²) >= 11 is 0. The largest absolute Gasteiger partial charge is 0.390 e. The first-order chi connectivity index (χ1) is 11.3. The van der Waals surface area contributed by atoms with Crippen molar-refractivity contribution in [1.29, 1.82) is 0 Å². The normalized spacial score (nSPS) is 32.1. The highest BCUT2D eigenvalue weighted by molar-refractivity contribution is 4.73. The Morgan fingerprint density at radius 2 is 1.13 bits per heavy atom. The molecule has 2 aliphatic heterocycles. The van der Waals surface area contributed by atoms with Gasteiger partial charge in [-0.3, -0.25) is 0 Å². The summed E-state index contributed by atoms with van der Waals surface area (Å²) in [6.07, 6.45) is 2.10. The van der Waals surface area contributed by atoms with Crippen LogP contribution < -0.4 is 0 Å². The second-order valence-corrected chi connectivity index (χ2v) is 6.00. The third kappa shape index (κ3) is 7.43. The number of hydrogen-bond donors (Lipinski definition) is 2. The highest BCUT2D eigenvalue weighted by Crippen LogP contribution is 2.14. The van der Waals surface area contributed by atoms with E-state index in [1.54, 1.807) is 0 Å². The van der Waals surface area contributed by atoms with Crippen LogP contribution >= 0.6 is 0 Å². The fourth-order valence-electron chi connectivity index (χ4n) is 2.70. The van der Waals surface area contributed by atoms with E-state index in [2.05, 4.69) is 0 Å². The van der Waals surface area contributed by atoms with Crippen LogP contribution in [0.1, 0.15) is 25.7 Å². The van der Waals surface area contributed by atoms with Crippen molar-refractivity contribution >= 4 is 0 Å². The van der Waals surface area contributed by atoms with Crippen LogP contribution in [0.3, 0.4) is 0 Å². The van der Waals surface area contributed by atoms with Gasteiger partial charge in [0.1, 0.15) is 12.2 Å². The summed E-state index contributed by atoms with van der Waals surface area (Å²) in [7, 11) is 0. The van der Waals surface area contributed by atoms with Gasteiger partial charge in [-0.05, 0) is 25.7 Å². The summed E-state index contributed by atoms with van der Waals surface area (Å²) in [5.41, 5.74) is 0. The molecule has 2 fully saturated rings. The third-order valence-corrected chi connectivity index (χ3v) is 4.12. The van der Waals surface area contributed by atoms with Crippen LogP contribution in [0.25, 0.3) is 0 Å². The van der Waals surface area contributed by atoms with Gasteiger partial charge in [0.15, 0.2) is 0 Å². The molecule has 0 radical (unpaired) electrons. The topological polar surface area (TPSA) is 86.6 Å². The van der Waals surface area contributed by atoms with Gasteiger partial charge < -0.3 is 33.9 Å². The zero-order chi connectivity index (χ0) is 16.3. The van der Waals surface area contributed by atoms with E-state index in [-0.39, 0.29) is 12.2 Å². The number of aliphatic hydroxyl groups is 2. The molecule has 4 atom stereocenters. The fraction of sp³-hybridized carbons (Fsp3) is 1.00. The molecule has 0 bridgehead atoms. The van der Waals surface area contributed by atoms with E-state index < -0.39 is 12.2 Å². The van der Waals surface area contributed by atoms with E-state index in [0.717, 1.165) is 25.7 Å². The predicted molar refractivity (Wildman–Crippen MR) is 82.4 cm³/mol. The molecular formula is C16H30O7. The highest BCUT2D eigenvalue weighted by atomic mass is 16.6. The Labute approximate surface area is 137 Å². The van der Waals surface area contributed by atoms with Crippen molar-refractivity contribution in [3.05, 3.63) is 0 Å². The summed E-state index contributed by atoms with van der Waals surface area (Å²) in [4.78, 5) is 0. The van der Waals surface area contributed by atoms with Gasteiger partial charge >= 0.3 is 0 Å². The van der Waals surface area contributed by atoms with Gasteiger partial charge in [0.05, 0.1) is 51.8 Å². The molecule has 2 N–H and O–H groups in total. The van der Waals surface area contributed by atoms with Gasteiger partial charge in [0.25, 0.3) is 0 Å². The van der Waals surface area contributed by atoms with Crippen LogP contribution in [0.2, 0.25) is 0 Å². The lowest BCUT2D eigenvalue weighted by molar-refractivity contribution is -0.116. The van der Waals surface area contributed by atoms with Crippen LogP contribution in [0, 0.1) is 0 Å². The minimum absolute atomic E-state index is 0.214. The van der Waals surface area contributed by atoms with Gasteiger partial charge in [-0.15, -0.1) is 0 Å². The number of rotatable bonds is 10. The fourth-order valence-corrected chi connectivity index (χ4v) is 2.70. The predicted octanol–water partition coefficient (Wildman–Crippen LogP) is 0.116. The Morgan fingerprint density at radius 1 is 0.696 bits per heavy atom. The summed E-state index contributed by atoms with van der Waals surface area (Å²) in [5.74, 6) is 0. The summed E-state index contributed by atoms with van der Waals surface area (Å²) < 4.78 is 27.2. The SMILES string of the molecule is O[C@H]1CCCO[C@@H]1COCCOCCOC[C@H]1OCCC[C@@H]1O.